The number of benzene rings is 7. The number of anilines is 2. The summed E-state index contributed by atoms with van der Waals surface area (Å²) in [5.74, 6) is 2.46. The highest BCUT2D eigenvalue weighted by molar-refractivity contribution is 6.09. The number of hydrogen-bond donors (Lipinski definition) is 0. The molecule has 2 aromatic heterocycles. The zero-order valence-corrected chi connectivity index (χ0v) is 38.3. The fourth-order valence-corrected chi connectivity index (χ4v) is 9.98. The molecule has 0 unspecified atom stereocenters. The summed E-state index contributed by atoms with van der Waals surface area (Å²) in [4.78, 5) is 9.79. The summed E-state index contributed by atoms with van der Waals surface area (Å²) >= 11 is 0. The Hall–Kier alpha value is -7.37. The molecule has 0 amide bonds. The fraction of sp³-hybridized carbons (Fsp3) is 0.183. The van der Waals surface area contributed by atoms with Crippen molar-refractivity contribution in [3.63, 3.8) is 0 Å². The zero-order chi connectivity index (χ0) is 44.7. The molecule has 0 aliphatic carbocycles. The third kappa shape index (κ3) is 6.89. The number of pyridine rings is 1. The van der Waals surface area contributed by atoms with Gasteiger partial charge in [-0.2, -0.15) is 0 Å². The molecular formula is C60H54N4O. The molecule has 0 N–H and O–H groups in total. The van der Waals surface area contributed by atoms with Crippen LogP contribution in [-0.4, -0.2) is 16.2 Å². The number of para-hydroxylation sites is 1. The molecule has 9 aromatic rings. The van der Waals surface area contributed by atoms with E-state index in [1.165, 1.54) is 61.3 Å². The molecule has 11 rings (SSSR count). The molecule has 0 spiro atoms. The van der Waals surface area contributed by atoms with Gasteiger partial charge in [0.25, 0.3) is 0 Å². The van der Waals surface area contributed by atoms with Crippen LogP contribution in [0.5, 0.6) is 11.5 Å². The molecule has 7 aromatic carbocycles. The Balaban J connectivity index is 0.989. The molecule has 5 heteroatoms. The molecular weight excluding hydrogens is 793 g/mol. The van der Waals surface area contributed by atoms with Gasteiger partial charge in [0.1, 0.15) is 17.3 Å². The lowest BCUT2D eigenvalue weighted by atomic mass is 9.73. The summed E-state index contributed by atoms with van der Waals surface area (Å²) in [5, 5.41) is 2.35. The third-order valence-corrected chi connectivity index (χ3v) is 14.0. The van der Waals surface area contributed by atoms with Gasteiger partial charge in [-0.25, -0.2) is 4.98 Å². The molecule has 0 saturated heterocycles. The molecule has 0 saturated carbocycles. The summed E-state index contributed by atoms with van der Waals surface area (Å²) in [6, 6.07) is 63.7. The topological polar surface area (TPSA) is 33.5 Å². The van der Waals surface area contributed by atoms with E-state index in [9.17, 15) is 0 Å². The minimum Gasteiger partial charge on any atom is -0.457 e. The smallest absolute Gasteiger partial charge is 0.137 e. The van der Waals surface area contributed by atoms with Crippen molar-refractivity contribution in [3.05, 3.63) is 222 Å². The van der Waals surface area contributed by atoms with Gasteiger partial charge >= 0.3 is 0 Å². The van der Waals surface area contributed by atoms with E-state index in [0.717, 1.165) is 39.4 Å². The highest BCUT2D eigenvalue weighted by Gasteiger charge is 2.35. The van der Waals surface area contributed by atoms with Gasteiger partial charge < -0.3 is 14.5 Å². The van der Waals surface area contributed by atoms with Crippen LogP contribution in [0.25, 0.3) is 44.4 Å². The number of hydrogen-bond acceptors (Lipinski definition) is 4. The Morgan fingerprint density at radius 1 is 0.477 bits per heavy atom. The first-order valence-electron chi connectivity index (χ1n) is 22.8. The van der Waals surface area contributed by atoms with Gasteiger partial charge in [-0.05, 0) is 93.4 Å². The maximum atomic E-state index is 6.86. The van der Waals surface area contributed by atoms with E-state index in [1.54, 1.807) is 0 Å². The van der Waals surface area contributed by atoms with Crippen molar-refractivity contribution >= 4 is 38.9 Å². The molecule has 0 radical (unpaired) electrons. The lowest BCUT2D eigenvalue weighted by Crippen LogP contribution is -2.29. The summed E-state index contributed by atoms with van der Waals surface area (Å²) in [7, 11) is 0. The first-order chi connectivity index (χ1) is 31.3. The van der Waals surface area contributed by atoms with Crippen LogP contribution in [0.2, 0.25) is 0 Å². The van der Waals surface area contributed by atoms with Crippen molar-refractivity contribution in [1.82, 2.24) is 9.55 Å². The molecule has 320 valence electrons. The predicted octanol–water partition coefficient (Wildman–Crippen LogP) is 15.2. The second-order valence-corrected chi connectivity index (χ2v) is 19.8. The van der Waals surface area contributed by atoms with Crippen LogP contribution in [0.15, 0.2) is 188 Å². The third-order valence-electron chi connectivity index (χ3n) is 14.0. The van der Waals surface area contributed by atoms with Gasteiger partial charge in [-0.3, -0.25) is 4.57 Å². The standard InChI is InChI=1S/C60H54N4O/c1-58(2,3)42-30-31-61-57(35-42)64-53-25-17-16-24-50(53)52-29-27-47(37-55(52)64)65-46-26-28-51-48-22-14-15-23-49(48)56-38-62(39-63(56)54(51)36-46)45-33-43(59(4,5)40-18-10-8-11-19-40)32-44(34-45)60(6,7)41-20-12-9-13-21-41/h8-38H,39H2,1-7H3. The van der Waals surface area contributed by atoms with Gasteiger partial charge in [0, 0.05) is 62.9 Å². The minimum atomic E-state index is -0.228. The average molecular weight is 847 g/mol. The number of fused-ring (bicyclic) bond motifs is 9. The van der Waals surface area contributed by atoms with E-state index in [0.29, 0.717) is 6.67 Å². The first kappa shape index (κ1) is 40.4. The molecule has 2 aliphatic heterocycles. The number of rotatable bonds is 8. The molecule has 0 bridgehead atoms. The average Bonchev–Trinajstić information content (AvgIpc) is 3.92. The van der Waals surface area contributed by atoms with Crippen LogP contribution >= 0.6 is 0 Å². The van der Waals surface area contributed by atoms with E-state index >= 15 is 0 Å². The molecule has 0 atom stereocenters. The summed E-state index contributed by atoms with van der Waals surface area (Å²) in [5.41, 5.74) is 15.2. The van der Waals surface area contributed by atoms with Crippen molar-refractivity contribution < 1.29 is 4.74 Å². The lowest BCUT2D eigenvalue weighted by Gasteiger charge is -2.34. The Bertz CT molecular complexity index is 3250. The SMILES string of the molecule is CC(C)(C)c1ccnc(-n2c3ccccc3c3ccc(Oc4ccc5c(c4)N4CN(c6cc(C(C)(C)c7ccccc7)cc(C(C)(C)c7ccccc7)c6)C=C4c4ccccc4-5)cc32)c1. The highest BCUT2D eigenvalue weighted by Crippen LogP contribution is 2.50. The second kappa shape index (κ2) is 15.1. The molecule has 0 fully saturated rings. The molecule has 2 aliphatic rings. The van der Waals surface area contributed by atoms with Crippen molar-refractivity contribution in [2.75, 3.05) is 16.5 Å². The Morgan fingerprint density at radius 2 is 1.08 bits per heavy atom. The van der Waals surface area contributed by atoms with Crippen LogP contribution in [-0.2, 0) is 16.2 Å². The monoisotopic (exact) mass is 846 g/mol. The van der Waals surface area contributed by atoms with E-state index < -0.39 is 0 Å². The van der Waals surface area contributed by atoms with Gasteiger partial charge in [-0.15, -0.1) is 0 Å². The normalized spacial score (nSPS) is 13.7. The number of ether oxygens (including phenoxy) is 1. The summed E-state index contributed by atoms with van der Waals surface area (Å²) in [6.07, 6.45) is 4.27. The van der Waals surface area contributed by atoms with Gasteiger partial charge in [0.15, 0.2) is 0 Å². The van der Waals surface area contributed by atoms with Crippen LogP contribution in [0, 0.1) is 0 Å². The highest BCUT2D eigenvalue weighted by atomic mass is 16.5. The van der Waals surface area contributed by atoms with E-state index in [-0.39, 0.29) is 16.2 Å². The number of nitrogens with zero attached hydrogens (tertiary/aromatic N) is 4. The Kier molecular flexibility index (Phi) is 9.40. The minimum absolute atomic E-state index is 0.00927. The van der Waals surface area contributed by atoms with E-state index in [2.05, 4.69) is 245 Å². The van der Waals surface area contributed by atoms with E-state index in [1.807, 2.05) is 6.20 Å². The maximum absolute atomic E-state index is 6.86. The predicted molar refractivity (Wildman–Crippen MR) is 271 cm³/mol. The van der Waals surface area contributed by atoms with E-state index in [4.69, 9.17) is 9.72 Å². The lowest BCUT2D eigenvalue weighted by molar-refractivity contribution is 0.483. The van der Waals surface area contributed by atoms with Crippen LogP contribution in [0.4, 0.5) is 11.4 Å². The summed E-state index contributed by atoms with van der Waals surface area (Å²) in [6.45, 7) is 16.8. The summed E-state index contributed by atoms with van der Waals surface area (Å²) < 4.78 is 9.13. The van der Waals surface area contributed by atoms with Crippen LogP contribution in [0.3, 0.4) is 0 Å². The van der Waals surface area contributed by atoms with Gasteiger partial charge in [0.05, 0.1) is 29.1 Å². The Labute approximate surface area is 382 Å². The zero-order valence-electron chi connectivity index (χ0n) is 38.3. The maximum Gasteiger partial charge on any atom is 0.137 e. The van der Waals surface area contributed by atoms with Crippen molar-refractivity contribution in [2.24, 2.45) is 0 Å². The van der Waals surface area contributed by atoms with Crippen molar-refractivity contribution in [1.29, 1.82) is 0 Å². The van der Waals surface area contributed by atoms with Crippen molar-refractivity contribution in [2.45, 2.75) is 64.7 Å². The Morgan fingerprint density at radius 3 is 1.77 bits per heavy atom. The largest absolute Gasteiger partial charge is 0.457 e. The molecule has 65 heavy (non-hydrogen) atoms. The van der Waals surface area contributed by atoms with Gasteiger partial charge in [0.2, 0.25) is 0 Å². The van der Waals surface area contributed by atoms with Crippen LogP contribution < -0.4 is 14.5 Å². The molecule has 5 nitrogen and oxygen atoms in total. The van der Waals surface area contributed by atoms with Crippen molar-refractivity contribution in [3.8, 4) is 28.4 Å². The quantitative estimate of drug-likeness (QED) is 0.153. The fourth-order valence-electron chi connectivity index (χ4n) is 9.98. The second-order valence-electron chi connectivity index (χ2n) is 19.8. The van der Waals surface area contributed by atoms with Crippen LogP contribution in [0.1, 0.15) is 81.8 Å². The first-order valence-corrected chi connectivity index (χ1v) is 22.8. The number of aromatic nitrogens is 2. The molecule has 4 heterocycles. The van der Waals surface area contributed by atoms with Gasteiger partial charge in [-0.1, -0.05) is 158 Å².